The van der Waals surface area contributed by atoms with Crippen LogP contribution >= 0.6 is 0 Å². The molecule has 27 heavy (non-hydrogen) atoms. The number of quaternary nitrogens is 1. The van der Waals surface area contributed by atoms with E-state index >= 15 is 0 Å². The van der Waals surface area contributed by atoms with E-state index in [0.29, 0.717) is 29.3 Å². The van der Waals surface area contributed by atoms with Gasteiger partial charge < -0.3 is 25.0 Å². The molecule has 0 saturated heterocycles. The average Bonchev–Trinajstić information content (AvgIpc) is 2.67. The fraction of sp³-hybridized carbons (Fsp3) is 0.300. The van der Waals surface area contributed by atoms with E-state index in [1.807, 2.05) is 19.2 Å². The lowest BCUT2D eigenvalue weighted by molar-refractivity contribution is -0.885. The number of ether oxygens (including phenoxy) is 2. The fourth-order valence-corrected chi connectivity index (χ4v) is 2.71. The Morgan fingerprint density at radius 2 is 1.74 bits per heavy atom. The van der Waals surface area contributed by atoms with Crippen molar-refractivity contribution >= 4 is 17.5 Å². The molecule has 1 atom stereocenters. The van der Waals surface area contributed by atoms with Crippen LogP contribution in [0.4, 0.5) is 5.69 Å². The molecule has 2 aromatic rings. The molecule has 0 heterocycles. The van der Waals surface area contributed by atoms with E-state index in [-0.39, 0.29) is 18.4 Å². The number of rotatable bonds is 8. The minimum Gasteiger partial charge on any atom is -0.497 e. The van der Waals surface area contributed by atoms with Crippen LogP contribution in [0.15, 0.2) is 42.5 Å². The molecule has 3 N–H and O–H groups in total. The second kappa shape index (κ2) is 9.59. The van der Waals surface area contributed by atoms with Gasteiger partial charge in [-0.3, -0.25) is 9.59 Å². The minimum absolute atomic E-state index is 0.117. The quantitative estimate of drug-likeness (QED) is 0.638. The van der Waals surface area contributed by atoms with Gasteiger partial charge in [0.05, 0.1) is 27.0 Å². The Hall–Kier alpha value is -3.06. The van der Waals surface area contributed by atoms with Crippen LogP contribution in [0.25, 0.3) is 0 Å². The molecule has 7 nitrogen and oxygen atoms in total. The first-order valence-corrected chi connectivity index (χ1v) is 8.61. The highest BCUT2D eigenvalue weighted by Gasteiger charge is 2.14. The fourth-order valence-electron chi connectivity index (χ4n) is 2.71. The van der Waals surface area contributed by atoms with Gasteiger partial charge >= 0.3 is 0 Å². The molecule has 0 aliphatic rings. The van der Waals surface area contributed by atoms with Crippen LogP contribution in [0.5, 0.6) is 11.5 Å². The van der Waals surface area contributed by atoms with Crippen LogP contribution in [0.1, 0.15) is 15.9 Å². The SMILES string of the molecule is CNC(=O)c1ccc(C[NH+](C)CC(=O)Nc2cc(OC)ccc2OC)cc1. The molecule has 0 aliphatic carbocycles. The van der Waals surface area contributed by atoms with Gasteiger partial charge in [-0.25, -0.2) is 0 Å². The molecule has 1 unspecified atom stereocenters. The van der Waals surface area contributed by atoms with Crippen LogP contribution in [-0.2, 0) is 11.3 Å². The van der Waals surface area contributed by atoms with Gasteiger partial charge in [0.1, 0.15) is 18.0 Å². The van der Waals surface area contributed by atoms with E-state index in [1.165, 1.54) is 0 Å². The first kappa shape index (κ1) is 20.3. The van der Waals surface area contributed by atoms with Crippen LogP contribution in [0, 0.1) is 0 Å². The molecular formula is C20H26N3O4+. The molecule has 2 rings (SSSR count). The highest BCUT2D eigenvalue weighted by atomic mass is 16.5. The first-order valence-electron chi connectivity index (χ1n) is 8.61. The highest BCUT2D eigenvalue weighted by Crippen LogP contribution is 2.28. The second-order valence-electron chi connectivity index (χ2n) is 6.20. The zero-order chi connectivity index (χ0) is 19.8. The first-order chi connectivity index (χ1) is 13.0. The molecule has 0 saturated carbocycles. The number of hydrogen-bond acceptors (Lipinski definition) is 4. The number of hydrogen-bond donors (Lipinski definition) is 3. The Labute approximate surface area is 159 Å². The predicted molar refractivity (Wildman–Crippen MR) is 103 cm³/mol. The maximum atomic E-state index is 12.4. The van der Waals surface area contributed by atoms with E-state index < -0.39 is 0 Å². The van der Waals surface area contributed by atoms with E-state index in [9.17, 15) is 9.59 Å². The van der Waals surface area contributed by atoms with Crippen molar-refractivity contribution in [2.45, 2.75) is 6.54 Å². The number of benzene rings is 2. The van der Waals surface area contributed by atoms with Crippen molar-refractivity contribution in [1.82, 2.24) is 5.32 Å². The second-order valence-corrected chi connectivity index (χ2v) is 6.20. The molecule has 0 spiro atoms. The maximum absolute atomic E-state index is 12.4. The van der Waals surface area contributed by atoms with Crippen molar-refractivity contribution in [3.8, 4) is 11.5 Å². The number of methoxy groups -OCH3 is 2. The summed E-state index contributed by atoms with van der Waals surface area (Å²) < 4.78 is 10.5. The van der Waals surface area contributed by atoms with E-state index in [4.69, 9.17) is 9.47 Å². The van der Waals surface area contributed by atoms with E-state index in [1.54, 1.807) is 51.6 Å². The molecule has 0 aromatic heterocycles. The van der Waals surface area contributed by atoms with E-state index in [0.717, 1.165) is 10.5 Å². The number of nitrogens with one attached hydrogen (secondary N) is 3. The molecule has 144 valence electrons. The van der Waals surface area contributed by atoms with Gasteiger partial charge in [-0.1, -0.05) is 12.1 Å². The Balaban J connectivity index is 1.95. The van der Waals surface area contributed by atoms with E-state index in [2.05, 4.69) is 10.6 Å². The minimum atomic E-state index is -0.124. The molecule has 0 bridgehead atoms. The summed E-state index contributed by atoms with van der Waals surface area (Å²) in [6, 6.07) is 12.6. The number of carbonyl (C=O) groups is 2. The van der Waals surface area contributed by atoms with Gasteiger partial charge in [0.15, 0.2) is 6.54 Å². The monoisotopic (exact) mass is 372 g/mol. The third kappa shape index (κ3) is 5.72. The lowest BCUT2D eigenvalue weighted by Gasteiger charge is -2.15. The summed E-state index contributed by atoms with van der Waals surface area (Å²) in [7, 11) is 6.66. The maximum Gasteiger partial charge on any atom is 0.279 e. The molecular weight excluding hydrogens is 346 g/mol. The summed E-state index contributed by atoms with van der Waals surface area (Å²) in [5.74, 6) is 0.976. The summed E-state index contributed by atoms with van der Waals surface area (Å²) in [6.45, 7) is 0.953. The molecule has 0 aliphatic heterocycles. The largest absolute Gasteiger partial charge is 0.497 e. The van der Waals surface area contributed by atoms with Gasteiger partial charge in [0.25, 0.3) is 11.8 Å². The molecule has 0 fully saturated rings. The lowest BCUT2D eigenvalue weighted by atomic mass is 10.1. The Morgan fingerprint density at radius 3 is 2.33 bits per heavy atom. The third-order valence-corrected chi connectivity index (χ3v) is 4.09. The zero-order valence-corrected chi connectivity index (χ0v) is 16.1. The van der Waals surface area contributed by atoms with Gasteiger partial charge in [0, 0.05) is 24.2 Å². The zero-order valence-electron chi connectivity index (χ0n) is 16.1. The average molecular weight is 372 g/mol. The molecule has 2 aromatic carbocycles. The topological polar surface area (TPSA) is 81.1 Å². The normalized spacial score (nSPS) is 11.4. The molecule has 7 heteroatoms. The van der Waals surface area contributed by atoms with Crippen LogP contribution in [-0.4, -0.2) is 46.7 Å². The Kier molecular flexibility index (Phi) is 7.19. The Bertz CT molecular complexity index is 790. The van der Waals surface area contributed by atoms with Crippen molar-refractivity contribution in [3.63, 3.8) is 0 Å². The smallest absolute Gasteiger partial charge is 0.279 e. The van der Waals surface area contributed by atoms with Crippen LogP contribution < -0.4 is 25.0 Å². The number of carbonyl (C=O) groups excluding carboxylic acids is 2. The number of amides is 2. The third-order valence-electron chi connectivity index (χ3n) is 4.09. The van der Waals surface area contributed by atoms with Gasteiger partial charge in [-0.15, -0.1) is 0 Å². The lowest BCUT2D eigenvalue weighted by Crippen LogP contribution is -3.08. The summed E-state index contributed by atoms with van der Waals surface area (Å²) in [4.78, 5) is 25.0. The number of anilines is 1. The van der Waals surface area contributed by atoms with Crippen molar-refractivity contribution in [2.75, 3.05) is 40.2 Å². The summed E-state index contributed by atoms with van der Waals surface area (Å²) in [5, 5.41) is 5.46. The van der Waals surface area contributed by atoms with Gasteiger partial charge in [0.2, 0.25) is 0 Å². The van der Waals surface area contributed by atoms with Crippen molar-refractivity contribution < 1.29 is 24.0 Å². The standard InChI is InChI=1S/C20H25N3O4/c1-21-20(25)15-7-5-14(6-8-15)12-23(2)13-19(24)22-17-11-16(26-3)9-10-18(17)27-4/h5-11H,12-13H2,1-4H3,(H,21,25)(H,22,24)/p+1. The van der Waals surface area contributed by atoms with Gasteiger partial charge in [-0.05, 0) is 24.3 Å². The molecule has 0 radical (unpaired) electrons. The summed E-state index contributed by atoms with van der Waals surface area (Å²) in [6.07, 6.45) is 0. The summed E-state index contributed by atoms with van der Waals surface area (Å²) >= 11 is 0. The van der Waals surface area contributed by atoms with Crippen molar-refractivity contribution in [1.29, 1.82) is 0 Å². The predicted octanol–water partition coefficient (Wildman–Crippen LogP) is 0.717. The Morgan fingerprint density at radius 1 is 1.04 bits per heavy atom. The van der Waals surface area contributed by atoms with Gasteiger partial charge in [-0.2, -0.15) is 0 Å². The van der Waals surface area contributed by atoms with Crippen molar-refractivity contribution in [2.24, 2.45) is 0 Å². The van der Waals surface area contributed by atoms with Crippen LogP contribution in [0.2, 0.25) is 0 Å². The highest BCUT2D eigenvalue weighted by molar-refractivity contribution is 5.94. The summed E-state index contributed by atoms with van der Waals surface area (Å²) in [5.41, 5.74) is 2.23. The molecule has 2 amide bonds. The van der Waals surface area contributed by atoms with Crippen LogP contribution in [0.3, 0.4) is 0 Å². The number of likely N-dealkylation sites (N-methyl/N-ethyl adjacent to an activating group) is 1. The van der Waals surface area contributed by atoms with Crippen molar-refractivity contribution in [3.05, 3.63) is 53.6 Å².